The van der Waals surface area contributed by atoms with E-state index in [1.807, 2.05) is 44.2 Å². The van der Waals surface area contributed by atoms with Gasteiger partial charge in [0.2, 0.25) is 21.8 Å². The predicted octanol–water partition coefficient (Wildman–Crippen LogP) is 5.53. The molecule has 1 N–H and O–H groups in total. The van der Waals surface area contributed by atoms with E-state index in [-0.39, 0.29) is 35.4 Å². The number of aryl methyl sites for hydroxylation is 1. The van der Waals surface area contributed by atoms with Gasteiger partial charge >= 0.3 is 0 Å². The van der Waals surface area contributed by atoms with Crippen LogP contribution in [-0.4, -0.2) is 54.9 Å². The first-order valence-electron chi connectivity index (χ1n) is 13.5. The molecule has 3 rings (SSSR count). The van der Waals surface area contributed by atoms with Gasteiger partial charge in [0.15, 0.2) is 0 Å². The van der Waals surface area contributed by atoms with Gasteiger partial charge in [-0.05, 0) is 49.1 Å². The van der Waals surface area contributed by atoms with Crippen molar-refractivity contribution >= 4 is 56.4 Å². The number of nitro benzene ring substituents is 1. The molecule has 2 amide bonds. The van der Waals surface area contributed by atoms with Crippen LogP contribution in [0, 0.1) is 17.0 Å². The number of nitrogens with zero attached hydrogens (tertiary/aromatic N) is 3. The molecule has 0 aliphatic heterocycles. The number of carbonyl (C=O) groups is 2. The van der Waals surface area contributed by atoms with Gasteiger partial charge in [-0.25, -0.2) is 8.42 Å². The summed E-state index contributed by atoms with van der Waals surface area (Å²) in [4.78, 5) is 40.1. The molecular weight excluding hydrogens is 615 g/mol. The Balaban J connectivity index is 2.13. The maximum absolute atomic E-state index is 14.2. The van der Waals surface area contributed by atoms with Gasteiger partial charge in [0.25, 0.3) is 5.69 Å². The van der Waals surface area contributed by atoms with Crippen molar-refractivity contribution in [2.24, 2.45) is 0 Å². The molecule has 0 bridgehead atoms. The number of hydrogen-bond acceptors (Lipinski definition) is 6. The summed E-state index contributed by atoms with van der Waals surface area (Å²) in [5.74, 6) is -1.10. The van der Waals surface area contributed by atoms with Gasteiger partial charge in [-0.3, -0.25) is 24.0 Å². The summed E-state index contributed by atoms with van der Waals surface area (Å²) in [7, 11) is -4.10. The molecule has 0 aliphatic carbocycles. The summed E-state index contributed by atoms with van der Waals surface area (Å²) in [6.45, 7) is 4.56. The van der Waals surface area contributed by atoms with E-state index in [4.69, 9.17) is 23.2 Å². The van der Waals surface area contributed by atoms with Crippen LogP contribution in [0.3, 0.4) is 0 Å². The molecule has 13 heteroatoms. The largest absolute Gasteiger partial charge is 0.352 e. The van der Waals surface area contributed by atoms with Gasteiger partial charge in [0.1, 0.15) is 12.6 Å². The standard InChI is InChI=1S/C30H34Cl2N4O6S/c1-5-21(3)33-30(38)28(16-22-9-7-6-8-10-22)34(18-23-12-14-25(31)26(32)15-23)29(37)19-35(43(4,41)42)27-17-24(36(39)40)13-11-20(27)2/h6-15,17,21,28H,5,16,18-19H2,1-4H3,(H,33,38)/t21-,28+/m1/s1. The molecule has 3 aromatic rings. The number of carbonyl (C=O) groups excluding carboxylic acids is 2. The fourth-order valence-electron chi connectivity index (χ4n) is 4.40. The lowest BCUT2D eigenvalue weighted by Crippen LogP contribution is -2.54. The molecular formula is C30H34Cl2N4O6S. The predicted molar refractivity (Wildman–Crippen MR) is 169 cm³/mol. The topological polar surface area (TPSA) is 130 Å². The van der Waals surface area contributed by atoms with Crippen LogP contribution >= 0.6 is 23.2 Å². The van der Waals surface area contributed by atoms with Gasteiger partial charge < -0.3 is 10.2 Å². The summed E-state index contributed by atoms with van der Waals surface area (Å²) in [6.07, 6.45) is 1.71. The van der Waals surface area contributed by atoms with E-state index < -0.39 is 39.3 Å². The number of nitrogens with one attached hydrogen (secondary N) is 1. The van der Waals surface area contributed by atoms with Crippen molar-refractivity contribution in [1.82, 2.24) is 10.2 Å². The smallest absolute Gasteiger partial charge is 0.271 e. The summed E-state index contributed by atoms with van der Waals surface area (Å²) >= 11 is 12.4. The van der Waals surface area contributed by atoms with E-state index in [9.17, 15) is 28.1 Å². The molecule has 2 atom stereocenters. The molecule has 0 aromatic heterocycles. The van der Waals surface area contributed by atoms with Crippen LogP contribution in [0.1, 0.15) is 37.0 Å². The molecule has 0 saturated heterocycles. The number of halogens is 2. The molecule has 230 valence electrons. The number of non-ortho nitro benzene ring substituents is 1. The van der Waals surface area contributed by atoms with Crippen LogP contribution in [0.5, 0.6) is 0 Å². The number of sulfonamides is 1. The molecule has 0 unspecified atom stereocenters. The minimum atomic E-state index is -4.10. The maximum atomic E-state index is 14.2. The van der Waals surface area contributed by atoms with Crippen molar-refractivity contribution in [1.29, 1.82) is 0 Å². The van der Waals surface area contributed by atoms with Crippen molar-refractivity contribution in [3.05, 3.63) is 104 Å². The van der Waals surface area contributed by atoms with Gasteiger partial charge in [0, 0.05) is 31.1 Å². The van der Waals surface area contributed by atoms with Crippen LogP contribution in [0.2, 0.25) is 10.0 Å². The quantitative estimate of drug-likeness (QED) is 0.192. The summed E-state index contributed by atoms with van der Waals surface area (Å²) in [5, 5.41) is 15.0. The first-order valence-corrected chi connectivity index (χ1v) is 16.1. The Bertz CT molecular complexity index is 1590. The molecule has 0 radical (unpaired) electrons. The van der Waals surface area contributed by atoms with E-state index in [2.05, 4.69) is 5.32 Å². The Morgan fingerprint density at radius 1 is 1.00 bits per heavy atom. The summed E-state index contributed by atoms with van der Waals surface area (Å²) in [5.41, 5.74) is 1.42. The fraction of sp³-hybridized carbons (Fsp3) is 0.333. The van der Waals surface area contributed by atoms with Crippen LogP contribution in [-0.2, 0) is 32.6 Å². The number of benzene rings is 3. The number of rotatable bonds is 13. The third-order valence-corrected chi connectivity index (χ3v) is 8.83. The first-order chi connectivity index (χ1) is 20.2. The number of hydrogen-bond donors (Lipinski definition) is 1. The Labute approximate surface area is 261 Å². The van der Waals surface area contributed by atoms with E-state index in [1.54, 1.807) is 25.1 Å². The van der Waals surface area contributed by atoms with E-state index in [0.29, 0.717) is 22.6 Å². The molecule has 0 fully saturated rings. The number of anilines is 1. The second kappa shape index (κ2) is 14.7. The maximum Gasteiger partial charge on any atom is 0.271 e. The van der Waals surface area contributed by atoms with Crippen LogP contribution in [0.15, 0.2) is 66.7 Å². The van der Waals surface area contributed by atoms with Gasteiger partial charge in [-0.1, -0.05) is 72.6 Å². The second-order valence-corrected chi connectivity index (χ2v) is 13.0. The van der Waals surface area contributed by atoms with Gasteiger partial charge in [-0.15, -0.1) is 0 Å². The third kappa shape index (κ3) is 9.16. The Morgan fingerprint density at radius 2 is 1.67 bits per heavy atom. The highest BCUT2D eigenvalue weighted by molar-refractivity contribution is 7.92. The zero-order chi connectivity index (χ0) is 31.9. The molecule has 3 aromatic carbocycles. The third-order valence-electron chi connectivity index (χ3n) is 6.96. The van der Waals surface area contributed by atoms with E-state index >= 15 is 0 Å². The lowest BCUT2D eigenvalue weighted by atomic mass is 10.0. The van der Waals surface area contributed by atoms with Crippen molar-refractivity contribution in [2.75, 3.05) is 17.1 Å². The molecule has 0 saturated carbocycles. The highest BCUT2D eigenvalue weighted by atomic mass is 35.5. The van der Waals surface area contributed by atoms with Crippen LogP contribution < -0.4 is 9.62 Å². The molecule has 43 heavy (non-hydrogen) atoms. The van der Waals surface area contributed by atoms with Gasteiger partial charge in [0.05, 0.1) is 26.9 Å². The monoisotopic (exact) mass is 648 g/mol. The Hall–Kier alpha value is -3.67. The fourth-order valence-corrected chi connectivity index (χ4v) is 5.62. The Kier molecular flexibility index (Phi) is 11.5. The van der Waals surface area contributed by atoms with Crippen molar-refractivity contribution in [3.8, 4) is 0 Å². The number of amides is 2. The van der Waals surface area contributed by atoms with Crippen LogP contribution in [0.4, 0.5) is 11.4 Å². The molecule has 0 spiro atoms. The minimum Gasteiger partial charge on any atom is -0.352 e. The highest BCUT2D eigenvalue weighted by Crippen LogP contribution is 2.29. The Morgan fingerprint density at radius 3 is 2.26 bits per heavy atom. The van der Waals surface area contributed by atoms with E-state index in [1.165, 1.54) is 17.0 Å². The number of nitro groups is 1. The average Bonchev–Trinajstić information content (AvgIpc) is 2.95. The highest BCUT2D eigenvalue weighted by Gasteiger charge is 2.34. The van der Waals surface area contributed by atoms with Gasteiger partial charge in [-0.2, -0.15) is 0 Å². The normalized spacial score (nSPS) is 12.7. The lowest BCUT2D eigenvalue weighted by Gasteiger charge is -2.34. The van der Waals surface area contributed by atoms with E-state index in [0.717, 1.165) is 22.2 Å². The molecule has 10 nitrogen and oxygen atoms in total. The average molecular weight is 650 g/mol. The minimum absolute atomic E-state index is 0.0109. The SMILES string of the molecule is CC[C@@H](C)NC(=O)[C@H](Cc1ccccc1)N(Cc1ccc(Cl)c(Cl)c1)C(=O)CN(c1cc([N+](=O)[O-])ccc1C)S(C)(=O)=O. The second-order valence-electron chi connectivity index (χ2n) is 10.3. The van der Waals surface area contributed by atoms with Crippen molar-refractivity contribution in [3.63, 3.8) is 0 Å². The zero-order valence-electron chi connectivity index (χ0n) is 24.3. The lowest BCUT2D eigenvalue weighted by molar-refractivity contribution is -0.384. The molecule has 0 aliphatic rings. The van der Waals surface area contributed by atoms with Crippen molar-refractivity contribution < 1.29 is 22.9 Å². The zero-order valence-corrected chi connectivity index (χ0v) is 26.6. The first kappa shape index (κ1) is 33.8. The van der Waals surface area contributed by atoms with Crippen LogP contribution in [0.25, 0.3) is 0 Å². The summed E-state index contributed by atoms with van der Waals surface area (Å²) in [6, 6.07) is 16.5. The molecule has 0 heterocycles. The van der Waals surface area contributed by atoms with Crippen molar-refractivity contribution in [2.45, 2.75) is 52.2 Å². The summed E-state index contributed by atoms with van der Waals surface area (Å²) < 4.78 is 26.9.